The van der Waals surface area contributed by atoms with Gasteiger partial charge in [0.25, 0.3) is 10.0 Å². The van der Waals surface area contributed by atoms with Gasteiger partial charge in [0.1, 0.15) is 5.82 Å². The molecule has 1 N–H and O–H groups in total. The van der Waals surface area contributed by atoms with Gasteiger partial charge in [-0.1, -0.05) is 17.7 Å². The maximum Gasteiger partial charge on any atom is 0.263 e. The molecule has 0 aliphatic rings. The highest BCUT2D eigenvalue weighted by Crippen LogP contribution is 2.29. The van der Waals surface area contributed by atoms with Crippen molar-refractivity contribution >= 4 is 26.5 Å². The van der Waals surface area contributed by atoms with Crippen LogP contribution in [-0.4, -0.2) is 13.4 Å². The number of aryl methyl sites for hydroxylation is 2. The van der Waals surface area contributed by atoms with Crippen LogP contribution in [0.15, 0.2) is 52.7 Å². The van der Waals surface area contributed by atoms with Gasteiger partial charge < -0.3 is 0 Å². The summed E-state index contributed by atoms with van der Waals surface area (Å²) < 4.78 is 40.0. The lowest BCUT2D eigenvalue weighted by Gasteiger charge is -2.05. The molecule has 0 fully saturated rings. The van der Waals surface area contributed by atoms with E-state index in [9.17, 15) is 12.8 Å². The van der Waals surface area contributed by atoms with Crippen LogP contribution in [0.3, 0.4) is 0 Å². The Hall–Kier alpha value is -2.25. The molecule has 0 amide bonds. The van der Waals surface area contributed by atoms with Gasteiger partial charge in [0.05, 0.1) is 10.6 Å². The van der Waals surface area contributed by atoms with Crippen molar-refractivity contribution in [2.45, 2.75) is 18.7 Å². The minimum absolute atomic E-state index is 0.00705. The van der Waals surface area contributed by atoms with Gasteiger partial charge in [0.15, 0.2) is 5.13 Å². The van der Waals surface area contributed by atoms with Crippen molar-refractivity contribution in [2.75, 3.05) is 4.72 Å². The molecule has 1 aromatic heterocycles. The molecule has 0 bridgehead atoms. The van der Waals surface area contributed by atoms with Crippen LogP contribution in [0.2, 0.25) is 0 Å². The molecule has 0 aliphatic carbocycles. The molecule has 0 aliphatic heterocycles. The fourth-order valence-electron chi connectivity index (χ4n) is 2.24. The molecule has 0 saturated carbocycles. The summed E-state index contributed by atoms with van der Waals surface area (Å²) in [4.78, 5) is 4.36. The van der Waals surface area contributed by atoms with E-state index in [0.29, 0.717) is 0 Å². The third kappa shape index (κ3) is 3.47. The number of nitrogens with zero attached hydrogens (tertiary/aromatic N) is 1. The zero-order chi connectivity index (χ0) is 17.3. The quantitative estimate of drug-likeness (QED) is 0.750. The summed E-state index contributed by atoms with van der Waals surface area (Å²) in [5.74, 6) is -0.486. The van der Waals surface area contributed by atoms with Crippen LogP contribution in [0.1, 0.15) is 11.1 Å². The molecule has 3 rings (SSSR count). The standard InChI is InChI=1S/C17H15FN2O2S2/c1-11-3-4-12(2)15(9-11)16-10-23-17(19-16)20-24(21,22)14-7-5-13(18)6-8-14/h3-10H,1-2H3,(H,19,20). The average Bonchev–Trinajstić information content (AvgIpc) is 2.97. The van der Waals surface area contributed by atoms with Crippen LogP contribution in [-0.2, 0) is 10.0 Å². The van der Waals surface area contributed by atoms with Gasteiger partial charge in [-0.25, -0.2) is 17.8 Å². The molecule has 124 valence electrons. The zero-order valence-electron chi connectivity index (χ0n) is 13.1. The SMILES string of the molecule is Cc1ccc(C)c(-c2csc(NS(=O)(=O)c3ccc(F)cc3)n2)c1. The Bertz CT molecular complexity index is 980. The summed E-state index contributed by atoms with van der Waals surface area (Å²) in [7, 11) is -3.79. The van der Waals surface area contributed by atoms with E-state index in [2.05, 4.69) is 9.71 Å². The molecule has 0 spiro atoms. The topological polar surface area (TPSA) is 59.1 Å². The Balaban J connectivity index is 1.88. The summed E-state index contributed by atoms with van der Waals surface area (Å²) in [6.07, 6.45) is 0. The van der Waals surface area contributed by atoms with Gasteiger partial charge in [0, 0.05) is 10.9 Å². The van der Waals surface area contributed by atoms with Crippen molar-refractivity contribution in [3.63, 3.8) is 0 Å². The average molecular weight is 362 g/mol. The first-order valence-corrected chi connectivity index (χ1v) is 9.53. The van der Waals surface area contributed by atoms with E-state index < -0.39 is 15.8 Å². The Morgan fingerprint density at radius 1 is 1.08 bits per heavy atom. The van der Waals surface area contributed by atoms with E-state index in [1.54, 1.807) is 0 Å². The van der Waals surface area contributed by atoms with E-state index in [-0.39, 0.29) is 10.0 Å². The minimum atomic E-state index is -3.79. The predicted octanol–water partition coefficient (Wildman–Crippen LogP) is 4.37. The fourth-order valence-corrected chi connectivity index (χ4v) is 4.21. The molecule has 24 heavy (non-hydrogen) atoms. The van der Waals surface area contributed by atoms with Crippen molar-refractivity contribution in [1.29, 1.82) is 0 Å². The molecule has 3 aromatic rings. The second kappa shape index (κ2) is 6.33. The Labute approximate surface area is 144 Å². The second-order valence-corrected chi connectivity index (χ2v) is 7.96. The third-order valence-electron chi connectivity index (χ3n) is 3.52. The lowest BCUT2D eigenvalue weighted by atomic mass is 10.0. The van der Waals surface area contributed by atoms with E-state index in [1.807, 2.05) is 37.4 Å². The van der Waals surface area contributed by atoms with Gasteiger partial charge in [-0.05, 0) is 49.7 Å². The Kier molecular flexibility index (Phi) is 4.38. The smallest absolute Gasteiger partial charge is 0.255 e. The first-order valence-electron chi connectivity index (χ1n) is 7.17. The largest absolute Gasteiger partial charge is 0.263 e. The fraction of sp³-hybridized carbons (Fsp3) is 0.118. The van der Waals surface area contributed by atoms with E-state index in [1.165, 1.54) is 23.5 Å². The van der Waals surface area contributed by atoms with E-state index in [0.717, 1.165) is 34.5 Å². The normalized spacial score (nSPS) is 11.5. The van der Waals surface area contributed by atoms with Gasteiger partial charge in [0.2, 0.25) is 0 Å². The van der Waals surface area contributed by atoms with Crippen LogP contribution >= 0.6 is 11.3 Å². The van der Waals surface area contributed by atoms with Crippen molar-refractivity contribution in [1.82, 2.24) is 4.98 Å². The van der Waals surface area contributed by atoms with Gasteiger partial charge in [-0.3, -0.25) is 4.72 Å². The number of rotatable bonds is 4. The highest BCUT2D eigenvalue weighted by atomic mass is 32.2. The van der Waals surface area contributed by atoms with Gasteiger partial charge in [-0.15, -0.1) is 11.3 Å². The number of aromatic nitrogens is 1. The minimum Gasteiger partial charge on any atom is -0.255 e. The first kappa shape index (κ1) is 16.6. The van der Waals surface area contributed by atoms with Crippen molar-refractivity contribution in [2.24, 2.45) is 0 Å². The number of sulfonamides is 1. The van der Waals surface area contributed by atoms with Crippen LogP contribution < -0.4 is 4.72 Å². The molecule has 1 heterocycles. The Morgan fingerprint density at radius 2 is 1.79 bits per heavy atom. The van der Waals surface area contributed by atoms with E-state index in [4.69, 9.17) is 0 Å². The number of thiazole rings is 1. The van der Waals surface area contributed by atoms with Crippen LogP contribution in [0.4, 0.5) is 9.52 Å². The molecule has 4 nitrogen and oxygen atoms in total. The highest BCUT2D eigenvalue weighted by molar-refractivity contribution is 7.93. The lowest BCUT2D eigenvalue weighted by Crippen LogP contribution is -2.12. The van der Waals surface area contributed by atoms with Gasteiger partial charge in [-0.2, -0.15) is 0 Å². The molecule has 7 heteroatoms. The number of hydrogen-bond donors (Lipinski definition) is 1. The number of halogens is 1. The number of benzene rings is 2. The van der Waals surface area contributed by atoms with Crippen LogP contribution in [0.25, 0.3) is 11.3 Å². The zero-order valence-corrected chi connectivity index (χ0v) is 14.7. The maximum absolute atomic E-state index is 12.9. The molecule has 0 radical (unpaired) electrons. The number of hydrogen-bond acceptors (Lipinski definition) is 4. The summed E-state index contributed by atoms with van der Waals surface area (Å²) in [5, 5.41) is 2.08. The lowest BCUT2D eigenvalue weighted by molar-refractivity contribution is 0.599. The summed E-state index contributed by atoms with van der Waals surface area (Å²) in [6.45, 7) is 3.98. The third-order valence-corrected chi connectivity index (χ3v) is 5.76. The molecular weight excluding hydrogens is 347 g/mol. The highest BCUT2D eigenvalue weighted by Gasteiger charge is 2.17. The number of nitrogens with one attached hydrogen (secondary N) is 1. The molecule has 0 atom stereocenters. The summed E-state index contributed by atoms with van der Waals surface area (Å²) in [5.41, 5.74) is 3.87. The molecular formula is C17H15FN2O2S2. The van der Waals surface area contributed by atoms with Crippen molar-refractivity contribution in [3.8, 4) is 11.3 Å². The summed E-state index contributed by atoms with van der Waals surface area (Å²) in [6, 6.07) is 10.7. The van der Waals surface area contributed by atoms with Crippen molar-refractivity contribution in [3.05, 3.63) is 64.8 Å². The van der Waals surface area contributed by atoms with Crippen molar-refractivity contribution < 1.29 is 12.8 Å². The number of anilines is 1. The monoisotopic (exact) mass is 362 g/mol. The molecule has 0 saturated heterocycles. The second-order valence-electron chi connectivity index (χ2n) is 5.42. The Morgan fingerprint density at radius 3 is 2.50 bits per heavy atom. The van der Waals surface area contributed by atoms with Gasteiger partial charge >= 0.3 is 0 Å². The van der Waals surface area contributed by atoms with Crippen LogP contribution in [0, 0.1) is 19.7 Å². The summed E-state index contributed by atoms with van der Waals surface area (Å²) >= 11 is 1.21. The molecule has 0 unspecified atom stereocenters. The van der Waals surface area contributed by atoms with E-state index >= 15 is 0 Å². The predicted molar refractivity (Wildman–Crippen MR) is 94.2 cm³/mol. The maximum atomic E-state index is 12.9. The van der Waals surface area contributed by atoms with Crippen LogP contribution in [0.5, 0.6) is 0 Å². The first-order chi connectivity index (χ1) is 11.3. The molecule has 2 aromatic carbocycles.